The first kappa shape index (κ1) is 19.3. The number of nitrogens with zero attached hydrogens (tertiary/aromatic N) is 1. The minimum atomic E-state index is 0.0136. The van der Waals surface area contributed by atoms with Gasteiger partial charge in [0.1, 0.15) is 0 Å². The second-order valence-corrected chi connectivity index (χ2v) is 8.70. The molecule has 1 spiro atoms. The van der Waals surface area contributed by atoms with E-state index >= 15 is 0 Å². The van der Waals surface area contributed by atoms with Crippen molar-refractivity contribution in [3.63, 3.8) is 0 Å². The van der Waals surface area contributed by atoms with Gasteiger partial charge in [0.15, 0.2) is 0 Å². The molecule has 3 aromatic rings. The Bertz CT molecular complexity index is 1050. The number of carbonyl (C=O) groups excluding carboxylic acids is 1. The average molecular weight is 400 g/mol. The van der Waals surface area contributed by atoms with Gasteiger partial charge in [0.05, 0.1) is 0 Å². The largest absolute Gasteiger partial charge is 0.351 e. The van der Waals surface area contributed by atoms with Crippen LogP contribution in [0, 0.1) is 0 Å². The van der Waals surface area contributed by atoms with Gasteiger partial charge < -0.3 is 15.5 Å². The van der Waals surface area contributed by atoms with Crippen molar-refractivity contribution in [2.75, 3.05) is 32.7 Å². The van der Waals surface area contributed by atoms with Crippen molar-refractivity contribution < 1.29 is 4.79 Å². The van der Waals surface area contributed by atoms with Gasteiger partial charge in [-0.25, -0.2) is 0 Å². The Morgan fingerprint density at radius 2 is 1.73 bits per heavy atom. The van der Waals surface area contributed by atoms with E-state index in [2.05, 4.69) is 45.9 Å². The van der Waals surface area contributed by atoms with Crippen LogP contribution in [0.1, 0.15) is 34.3 Å². The van der Waals surface area contributed by atoms with Crippen LogP contribution in [0.3, 0.4) is 0 Å². The smallest absolute Gasteiger partial charge is 0.251 e. The highest BCUT2D eigenvalue weighted by atomic mass is 16.1. The van der Waals surface area contributed by atoms with Crippen LogP contribution in [0.25, 0.3) is 10.8 Å². The Morgan fingerprint density at radius 3 is 2.60 bits per heavy atom. The number of hydrogen-bond donors (Lipinski definition) is 2. The van der Waals surface area contributed by atoms with Gasteiger partial charge in [0, 0.05) is 37.2 Å². The molecule has 2 aliphatic heterocycles. The molecule has 2 N–H and O–H groups in total. The first-order valence-corrected chi connectivity index (χ1v) is 11.0. The number of carbonyl (C=O) groups is 1. The zero-order valence-electron chi connectivity index (χ0n) is 17.4. The molecule has 0 aromatic heterocycles. The molecule has 2 heterocycles. The summed E-state index contributed by atoms with van der Waals surface area (Å²) in [5.74, 6) is 0.0136. The lowest BCUT2D eigenvalue weighted by Gasteiger charge is -2.45. The molecule has 1 amide bonds. The maximum atomic E-state index is 12.6. The second kappa shape index (κ2) is 8.21. The van der Waals surface area contributed by atoms with Crippen LogP contribution < -0.4 is 10.6 Å². The van der Waals surface area contributed by atoms with Gasteiger partial charge in [-0.15, -0.1) is 0 Å². The predicted octanol–water partition coefficient (Wildman–Crippen LogP) is 3.71. The van der Waals surface area contributed by atoms with E-state index in [1.54, 1.807) is 5.56 Å². The molecule has 5 rings (SSSR count). The zero-order chi connectivity index (χ0) is 20.4. The maximum absolute atomic E-state index is 12.6. The standard InChI is InChI=1S/C26H29N3O/c30-25(22-10-9-20-5-1-2-6-21(20)17-22)28-13-16-29-14-11-26(12-15-29)19-27-18-23-7-3-4-8-24(23)26/h1-10,17,27H,11-16,18-19H2,(H,28,30). The van der Waals surface area contributed by atoms with Crippen LogP contribution in [0.4, 0.5) is 0 Å². The summed E-state index contributed by atoms with van der Waals surface area (Å²) in [5, 5.41) is 9.00. The molecule has 1 saturated heterocycles. The fourth-order valence-electron chi connectivity index (χ4n) is 5.13. The lowest BCUT2D eigenvalue weighted by molar-refractivity contribution is 0.0940. The third-order valence-electron chi connectivity index (χ3n) is 6.91. The van der Waals surface area contributed by atoms with Crippen molar-refractivity contribution in [3.8, 4) is 0 Å². The summed E-state index contributed by atoms with van der Waals surface area (Å²) >= 11 is 0. The van der Waals surface area contributed by atoms with E-state index in [0.717, 1.165) is 49.1 Å². The molecule has 2 aliphatic rings. The Labute approximate surface area is 178 Å². The van der Waals surface area contributed by atoms with Gasteiger partial charge in [-0.3, -0.25) is 4.79 Å². The third kappa shape index (κ3) is 3.73. The molecule has 0 saturated carbocycles. The average Bonchev–Trinajstić information content (AvgIpc) is 2.80. The molecular weight excluding hydrogens is 370 g/mol. The van der Waals surface area contributed by atoms with Crippen LogP contribution in [0.2, 0.25) is 0 Å². The molecule has 0 aliphatic carbocycles. The van der Waals surface area contributed by atoms with Gasteiger partial charge in [-0.1, -0.05) is 54.6 Å². The van der Waals surface area contributed by atoms with Crippen LogP contribution in [-0.4, -0.2) is 43.5 Å². The van der Waals surface area contributed by atoms with Crippen molar-refractivity contribution in [1.82, 2.24) is 15.5 Å². The van der Waals surface area contributed by atoms with Crippen LogP contribution in [0.15, 0.2) is 66.7 Å². The normalized spacial score (nSPS) is 18.3. The number of rotatable bonds is 4. The molecule has 0 atom stereocenters. The van der Waals surface area contributed by atoms with E-state index in [1.807, 2.05) is 36.4 Å². The molecule has 1 fully saturated rings. The quantitative estimate of drug-likeness (QED) is 0.703. The van der Waals surface area contributed by atoms with Gasteiger partial charge in [-0.2, -0.15) is 0 Å². The monoisotopic (exact) mass is 399 g/mol. The van der Waals surface area contributed by atoms with Gasteiger partial charge in [0.25, 0.3) is 5.91 Å². The van der Waals surface area contributed by atoms with Gasteiger partial charge >= 0.3 is 0 Å². The summed E-state index contributed by atoms with van der Waals surface area (Å²) in [5.41, 5.74) is 4.02. The number of fused-ring (bicyclic) bond motifs is 3. The molecule has 154 valence electrons. The molecule has 0 unspecified atom stereocenters. The van der Waals surface area contributed by atoms with Crippen LogP contribution in [-0.2, 0) is 12.0 Å². The summed E-state index contributed by atoms with van der Waals surface area (Å²) in [7, 11) is 0. The maximum Gasteiger partial charge on any atom is 0.251 e. The first-order chi connectivity index (χ1) is 14.7. The predicted molar refractivity (Wildman–Crippen MR) is 122 cm³/mol. The molecule has 4 nitrogen and oxygen atoms in total. The topological polar surface area (TPSA) is 44.4 Å². The van der Waals surface area contributed by atoms with Gasteiger partial charge in [0.2, 0.25) is 0 Å². The second-order valence-electron chi connectivity index (χ2n) is 8.70. The van der Waals surface area contributed by atoms with Gasteiger partial charge in [-0.05, 0) is 60.0 Å². The highest BCUT2D eigenvalue weighted by molar-refractivity contribution is 5.98. The van der Waals surface area contributed by atoms with Crippen molar-refractivity contribution >= 4 is 16.7 Å². The highest BCUT2D eigenvalue weighted by Gasteiger charge is 2.39. The number of hydrogen-bond acceptors (Lipinski definition) is 3. The summed E-state index contributed by atoms with van der Waals surface area (Å²) in [6, 6.07) is 23.0. The molecule has 0 bridgehead atoms. The minimum absolute atomic E-state index is 0.0136. The molecular formula is C26H29N3O. The van der Waals surface area contributed by atoms with Crippen LogP contribution >= 0.6 is 0 Å². The number of piperidine rings is 1. The molecule has 30 heavy (non-hydrogen) atoms. The van der Waals surface area contributed by atoms with E-state index in [-0.39, 0.29) is 11.3 Å². The van der Waals surface area contributed by atoms with Crippen molar-refractivity contribution in [1.29, 1.82) is 0 Å². The molecule has 0 radical (unpaired) electrons. The number of likely N-dealkylation sites (tertiary alicyclic amines) is 1. The molecule has 4 heteroatoms. The first-order valence-electron chi connectivity index (χ1n) is 11.0. The van der Waals surface area contributed by atoms with E-state index in [1.165, 1.54) is 18.4 Å². The lowest BCUT2D eigenvalue weighted by Crippen LogP contribution is -2.51. The summed E-state index contributed by atoms with van der Waals surface area (Å²) in [6.07, 6.45) is 2.35. The van der Waals surface area contributed by atoms with Crippen molar-refractivity contribution in [3.05, 3.63) is 83.4 Å². The summed E-state index contributed by atoms with van der Waals surface area (Å²) < 4.78 is 0. The fourth-order valence-corrected chi connectivity index (χ4v) is 5.13. The fraction of sp³-hybridized carbons (Fsp3) is 0.346. The Balaban J connectivity index is 1.15. The Hall–Kier alpha value is -2.69. The van der Waals surface area contributed by atoms with E-state index in [0.29, 0.717) is 6.54 Å². The number of benzene rings is 3. The van der Waals surface area contributed by atoms with Crippen molar-refractivity contribution in [2.45, 2.75) is 24.8 Å². The highest BCUT2D eigenvalue weighted by Crippen LogP contribution is 2.39. The van der Waals surface area contributed by atoms with E-state index in [4.69, 9.17) is 0 Å². The number of amides is 1. The van der Waals surface area contributed by atoms with Crippen LogP contribution in [0.5, 0.6) is 0 Å². The van der Waals surface area contributed by atoms with E-state index in [9.17, 15) is 4.79 Å². The summed E-state index contributed by atoms with van der Waals surface area (Å²) in [4.78, 5) is 15.1. The Morgan fingerprint density at radius 1 is 0.967 bits per heavy atom. The van der Waals surface area contributed by atoms with Crippen molar-refractivity contribution in [2.24, 2.45) is 0 Å². The Kier molecular flexibility index (Phi) is 5.28. The minimum Gasteiger partial charge on any atom is -0.351 e. The lowest BCUT2D eigenvalue weighted by atomic mass is 9.69. The third-order valence-corrected chi connectivity index (χ3v) is 6.91. The zero-order valence-corrected chi connectivity index (χ0v) is 17.4. The SMILES string of the molecule is O=C(NCCN1CCC2(CC1)CNCc1ccccc12)c1ccc2ccccc2c1. The molecule has 3 aromatic carbocycles. The number of nitrogens with one attached hydrogen (secondary N) is 2. The van der Waals surface area contributed by atoms with E-state index < -0.39 is 0 Å². The summed E-state index contributed by atoms with van der Waals surface area (Å²) in [6.45, 7) is 5.83.